The van der Waals surface area contributed by atoms with E-state index in [-0.39, 0.29) is 6.10 Å². The van der Waals surface area contributed by atoms with Crippen molar-refractivity contribution in [2.24, 2.45) is 0 Å². The third-order valence-electron chi connectivity index (χ3n) is 2.82. The van der Waals surface area contributed by atoms with Crippen molar-refractivity contribution in [3.05, 3.63) is 54.6 Å². The number of nitrogens with one attached hydrogen (secondary N) is 1. The van der Waals surface area contributed by atoms with E-state index in [4.69, 9.17) is 9.47 Å². The summed E-state index contributed by atoms with van der Waals surface area (Å²) in [6.45, 7) is 5.94. The molecule has 2 aromatic carbocycles. The first-order valence-electron chi connectivity index (χ1n) is 6.98. The van der Waals surface area contributed by atoms with Crippen molar-refractivity contribution >= 4 is 0 Å². The van der Waals surface area contributed by atoms with Crippen LogP contribution < -0.4 is 14.8 Å². The fraction of sp³-hybridized carbons (Fsp3) is 0.294. The monoisotopic (exact) mass is 271 g/mol. The quantitative estimate of drug-likeness (QED) is 0.829. The number of para-hydroxylation sites is 1. The van der Waals surface area contributed by atoms with Crippen LogP contribution in [0.15, 0.2) is 54.6 Å². The third kappa shape index (κ3) is 4.59. The average molecular weight is 271 g/mol. The van der Waals surface area contributed by atoms with Gasteiger partial charge < -0.3 is 14.8 Å². The highest BCUT2D eigenvalue weighted by atomic mass is 16.5. The van der Waals surface area contributed by atoms with E-state index >= 15 is 0 Å². The van der Waals surface area contributed by atoms with Crippen LogP contribution in [-0.4, -0.2) is 19.2 Å². The van der Waals surface area contributed by atoms with Gasteiger partial charge in [0.1, 0.15) is 23.4 Å². The van der Waals surface area contributed by atoms with Gasteiger partial charge in [-0.25, -0.2) is 0 Å². The SMILES string of the molecule is CCNCC(C)Oc1ccc(Oc2ccccc2)cc1. The fourth-order valence-electron chi connectivity index (χ4n) is 1.83. The molecule has 0 aliphatic heterocycles. The smallest absolute Gasteiger partial charge is 0.127 e. The van der Waals surface area contributed by atoms with Gasteiger partial charge in [-0.05, 0) is 49.9 Å². The van der Waals surface area contributed by atoms with Gasteiger partial charge in [0, 0.05) is 6.54 Å². The van der Waals surface area contributed by atoms with Crippen molar-refractivity contribution in [1.29, 1.82) is 0 Å². The molecule has 2 rings (SSSR count). The lowest BCUT2D eigenvalue weighted by molar-refractivity contribution is 0.218. The van der Waals surface area contributed by atoms with Crippen molar-refractivity contribution in [3.63, 3.8) is 0 Å². The van der Waals surface area contributed by atoms with Crippen molar-refractivity contribution in [3.8, 4) is 17.2 Å². The molecule has 0 radical (unpaired) electrons. The summed E-state index contributed by atoms with van der Waals surface area (Å²) in [6, 6.07) is 17.4. The zero-order chi connectivity index (χ0) is 14.2. The Kier molecular flexibility index (Phi) is 5.44. The van der Waals surface area contributed by atoms with Crippen molar-refractivity contribution in [2.45, 2.75) is 20.0 Å². The molecule has 0 fully saturated rings. The van der Waals surface area contributed by atoms with Gasteiger partial charge in [0.15, 0.2) is 0 Å². The molecule has 0 aromatic heterocycles. The van der Waals surface area contributed by atoms with Crippen LogP contribution in [0.1, 0.15) is 13.8 Å². The first kappa shape index (κ1) is 14.4. The van der Waals surface area contributed by atoms with E-state index in [9.17, 15) is 0 Å². The van der Waals surface area contributed by atoms with E-state index in [1.165, 1.54) is 0 Å². The minimum absolute atomic E-state index is 0.149. The molecule has 0 saturated heterocycles. The van der Waals surface area contributed by atoms with E-state index in [0.717, 1.165) is 30.3 Å². The summed E-state index contributed by atoms with van der Waals surface area (Å²) in [6.07, 6.45) is 0.149. The van der Waals surface area contributed by atoms with Gasteiger partial charge in [0.25, 0.3) is 0 Å². The van der Waals surface area contributed by atoms with E-state index in [1.54, 1.807) is 0 Å². The first-order chi connectivity index (χ1) is 9.78. The number of rotatable bonds is 7. The van der Waals surface area contributed by atoms with Crippen molar-refractivity contribution in [1.82, 2.24) is 5.32 Å². The molecule has 1 atom stereocenters. The lowest BCUT2D eigenvalue weighted by Crippen LogP contribution is -2.28. The van der Waals surface area contributed by atoms with Crippen LogP contribution >= 0.6 is 0 Å². The Morgan fingerprint density at radius 1 is 0.900 bits per heavy atom. The predicted molar refractivity (Wildman–Crippen MR) is 81.6 cm³/mol. The van der Waals surface area contributed by atoms with Crippen LogP contribution in [0.3, 0.4) is 0 Å². The molecular weight excluding hydrogens is 250 g/mol. The largest absolute Gasteiger partial charge is 0.489 e. The van der Waals surface area contributed by atoms with Gasteiger partial charge in [-0.3, -0.25) is 0 Å². The summed E-state index contributed by atoms with van der Waals surface area (Å²) in [5.74, 6) is 2.50. The molecule has 106 valence electrons. The maximum absolute atomic E-state index is 5.80. The van der Waals surface area contributed by atoms with Gasteiger partial charge in [-0.2, -0.15) is 0 Å². The summed E-state index contributed by atoms with van der Waals surface area (Å²) in [7, 11) is 0. The molecule has 0 spiro atoms. The van der Waals surface area contributed by atoms with E-state index in [0.29, 0.717) is 0 Å². The maximum Gasteiger partial charge on any atom is 0.127 e. The van der Waals surface area contributed by atoms with Crippen LogP contribution in [0, 0.1) is 0 Å². The predicted octanol–water partition coefficient (Wildman–Crippen LogP) is 3.86. The van der Waals surface area contributed by atoms with E-state index in [2.05, 4.69) is 19.2 Å². The second-order valence-electron chi connectivity index (χ2n) is 4.62. The Hall–Kier alpha value is -2.00. The Morgan fingerprint density at radius 3 is 2.15 bits per heavy atom. The second kappa shape index (κ2) is 7.56. The summed E-state index contributed by atoms with van der Waals surface area (Å²) in [5.41, 5.74) is 0. The number of ether oxygens (including phenoxy) is 2. The molecule has 20 heavy (non-hydrogen) atoms. The number of likely N-dealkylation sites (N-methyl/N-ethyl adjacent to an activating group) is 1. The van der Waals surface area contributed by atoms with Crippen molar-refractivity contribution < 1.29 is 9.47 Å². The Morgan fingerprint density at radius 2 is 1.50 bits per heavy atom. The summed E-state index contributed by atoms with van der Waals surface area (Å²) in [4.78, 5) is 0. The second-order valence-corrected chi connectivity index (χ2v) is 4.62. The van der Waals surface area contributed by atoms with Crippen LogP contribution in [0.4, 0.5) is 0 Å². The molecule has 3 heteroatoms. The zero-order valence-corrected chi connectivity index (χ0v) is 12.0. The molecule has 1 unspecified atom stereocenters. The number of hydrogen-bond acceptors (Lipinski definition) is 3. The molecule has 0 bridgehead atoms. The molecule has 0 heterocycles. The summed E-state index contributed by atoms with van der Waals surface area (Å²) in [5, 5.41) is 3.26. The Bertz CT molecular complexity index is 496. The van der Waals surface area contributed by atoms with Crippen LogP contribution in [0.5, 0.6) is 17.2 Å². The molecule has 0 aliphatic carbocycles. The molecule has 0 aliphatic rings. The number of hydrogen-bond donors (Lipinski definition) is 1. The molecule has 0 saturated carbocycles. The lowest BCUT2D eigenvalue weighted by atomic mass is 10.3. The van der Waals surface area contributed by atoms with Crippen LogP contribution in [-0.2, 0) is 0 Å². The third-order valence-corrected chi connectivity index (χ3v) is 2.82. The van der Waals surface area contributed by atoms with Gasteiger partial charge in [0.2, 0.25) is 0 Å². The zero-order valence-electron chi connectivity index (χ0n) is 12.0. The lowest BCUT2D eigenvalue weighted by Gasteiger charge is -2.15. The normalized spacial score (nSPS) is 11.9. The molecule has 0 amide bonds. The minimum atomic E-state index is 0.149. The number of benzene rings is 2. The van der Waals surface area contributed by atoms with Gasteiger partial charge >= 0.3 is 0 Å². The van der Waals surface area contributed by atoms with Crippen LogP contribution in [0.25, 0.3) is 0 Å². The van der Waals surface area contributed by atoms with Gasteiger partial charge in [-0.15, -0.1) is 0 Å². The highest BCUT2D eigenvalue weighted by Gasteiger charge is 2.03. The average Bonchev–Trinajstić information content (AvgIpc) is 2.48. The summed E-state index contributed by atoms with van der Waals surface area (Å²) >= 11 is 0. The highest BCUT2D eigenvalue weighted by molar-refractivity contribution is 5.35. The van der Waals surface area contributed by atoms with Crippen LogP contribution in [0.2, 0.25) is 0 Å². The van der Waals surface area contributed by atoms with Gasteiger partial charge in [-0.1, -0.05) is 25.1 Å². The summed E-state index contributed by atoms with van der Waals surface area (Å²) < 4.78 is 11.5. The Labute approximate surface area is 120 Å². The Balaban J connectivity index is 1.89. The fourth-order valence-corrected chi connectivity index (χ4v) is 1.83. The standard InChI is InChI=1S/C17H21NO2/c1-3-18-13-14(2)19-16-9-11-17(12-10-16)20-15-7-5-4-6-8-15/h4-12,14,18H,3,13H2,1-2H3. The topological polar surface area (TPSA) is 30.5 Å². The molecular formula is C17H21NO2. The highest BCUT2D eigenvalue weighted by Crippen LogP contribution is 2.23. The van der Waals surface area contributed by atoms with Crippen molar-refractivity contribution in [2.75, 3.05) is 13.1 Å². The first-order valence-corrected chi connectivity index (χ1v) is 6.98. The van der Waals surface area contributed by atoms with E-state index in [1.807, 2.05) is 54.6 Å². The van der Waals surface area contributed by atoms with E-state index < -0.39 is 0 Å². The maximum atomic E-state index is 5.80. The molecule has 3 nitrogen and oxygen atoms in total. The minimum Gasteiger partial charge on any atom is -0.489 e. The molecule has 1 N–H and O–H groups in total. The van der Waals surface area contributed by atoms with Gasteiger partial charge in [0.05, 0.1) is 0 Å². The molecule has 2 aromatic rings.